The lowest BCUT2D eigenvalue weighted by Crippen LogP contribution is -2.36. The van der Waals surface area contributed by atoms with Gasteiger partial charge in [-0.1, -0.05) is 4.21 Å². The highest BCUT2D eigenvalue weighted by Gasteiger charge is 2.45. The molecule has 0 spiro atoms. The van der Waals surface area contributed by atoms with Crippen molar-refractivity contribution in [1.82, 2.24) is 14.9 Å². The standard InChI is InChI=1S/C14H15N3O4S/c18-13-11-2-1-10(3-12(11)14(19)16-13)22(20,21)17-6-8-4-15-5-9(8)7-17/h1-3,8-9,15H,4-7H2,(H-,16,18,19,20,21)/t8-,9+. The smallest absolute Gasteiger partial charge is 0.259 e. The number of rotatable bonds is 2. The van der Waals surface area contributed by atoms with Crippen molar-refractivity contribution in [3.63, 3.8) is 0 Å². The molecule has 116 valence electrons. The van der Waals surface area contributed by atoms with Gasteiger partial charge in [-0.05, 0) is 37.1 Å². The molecule has 1 aromatic carbocycles. The van der Waals surface area contributed by atoms with Gasteiger partial charge in [-0.15, -0.1) is 4.31 Å². The average Bonchev–Trinajstić information content (AvgIpc) is 3.13. The third-order valence-electron chi connectivity index (χ3n) is 4.70. The highest BCUT2D eigenvalue weighted by molar-refractivity contribution is 7.95. The molecule has 0 aromatic heterocycles. The second kappa shape index (κ2) is 4.69. The van der Waals surface area contributed by atoms with Gasteiger partial charge in [0.2, 0.25) is 0 Å². The van der Waals surface area contributed by atoms with Crippen molar-refractivity contribution in [3.05, 3.63) is 29.3 Å². The Bertz CT molecular complexity index is 723. The van der Waals surface area contributed by atoms with E-state index < -0.39 is 22.2 Å². The number of amides is 2. The van der Waals surface area contributed by atoms with E-state index in [1.54, 1.807) is 0 Å². The lowest BCUT2D eigenvalue weighted by atomic mass is 10.0. The summed E-state index contributed by atoms with van der Waals surface area (Å²) in [4.78, 5) is 23.3. The molecule has 7 nitrogen and oxygen atoms in total. The van der Waals surface area contributed by atoms with Crippen molar-refractivity contribution in [1.29, 1.82) is 0 Å². The summed E-state index contributed by atoms with van der Waals surface area (Å²) in [7, 11) is -3.63. The topological polar surface area (TPSA) is 102 Å². The molecule has 8 heteroatoms. The summed E-state index contributed by atoms with van der Waals surface area (Å²) in [6, 6.07) is 4.11. The predicted molar refractivity (Wildman–Crippen MR) is 76.8 cm³/mol. The van der Waals surface area contributed by atoms with E-state index >= 15 is 0 Å². The number of fused-ring (bicyclic) bond motifs is 2. The van der Waals surface area contributed by atoms with Gasteiger partial charge in [-0.2, -0.15) is 0 Å². The molecule has 3 aliphatic heterocycles. The molecular weight excluding hydrogens is 306 g/mol. The molecule has 0 saturated carbocycles. The van der Waals surface area contributed by atoms with Crippen molar-refractivity contribution >= 4 is 22.2 Å². The molecule has 2 saturated heterocycles. The van der Waals surface area contributed by atoms with E-state index in [2.05, 4.69) is 10.6 Å². The molecule has 3 atom stereocenters. The van der Waals surface area contributed by atoms with Gasteiger partial charge in [0.25, 0.3) is 11.8 Å². The Morgan fingerprint density at radius 3 is 2.41 bits per heavy atom. The lowest BCUT2D eigenvalue weighted by molar-refractivity contribution is 0.0879. The maximum absolute atomic E-state index is 12.7. The molecule has 4 rings (SSSR count). The van der Waals surface area contributed by atoms with Crippen LogP contribution >= 0.6 is 0 Å². The van der Waals surface area contributed by atoms with Gasteiger partial charge in [0.05, 0.1) is 11.1 Å². The summed E-state index contributed by atoms with van der Waals surface area (Å²) in [6.07, 6.45) is 0. The fourth-order valence-electron chi connectivity index (χ4n) is 3.47. The molecule has 2 N–H and O–H groups in total. The molecule has 22 heavy (non-hydrogen) atoms. The number of sulfonamides is 1. The van der Waals surface area contributed by atoms with E-state index in [-0.39, 0.29) is 16.0 Å². The molecular formula is C14H15N3O4S. The molecule has 3 aliphatic rings. The first kappa shape index (κ1) is 14.0. The second-order valence-electron chi connectivity index (χ2n) is 5.99. The average molecular weight is 321 g/mol. The maximum atomic E-state index is 12.7. The zero-order chi connectivity index (χ0) is 15.5. The van der Waals surface area contributed by atoms with Crippen LogP contribution in [0.3, 0.4) is 0 Å². The van der Waals surface area contributed by atoms with Crippen molar-refractivity contribution < 1.29 is 18.4 Å². The highest BCUT2D eigenvalue weighted by atomic mass is 32.3. The quantitative estimate of drug-likeness (QED) is 0.571. The van der Waals surface area contributed by atoms with Crippen LogP contribution in [-0.2, 0) is 14.6 Å². The minimum atomic E-state index is -3.63. The van der Waals surface area contributed by atoms with Gasteiger partial charge in [0.15, 0.2) is 15.3 Å². The largest absolute Gasteiger partial charge is 0.593 e. The molecule has 2 amide bonds. The number of nitrogens with zero attached hydrogens (tertiary/aromatic N) is 1. The molecule has 0 aliphatic carbocycles. The Balaban J connectivity index is 1.67. The monoisotopic (exact) mass is 321 g/mol. The van der Waals surface area contributed by atoms with Gasteiger partial charge in [0, 0.05) is 19.2 Å². The number of hydrogen-bond donors (Lipinski definition) is 2. The van der Waals surface area contributed by atoms with Crippen molar-refractivity contribution in [2.24, 2.45) is 11.8 Å². The van der Waals surface area contributed by atoms with E-state index in [0.717, 1.165) is 13.1 Å². The first-order valence-electron chi connectivity index (χ1n) is 7.17. The third-order valence-corrected chi connectivity index (χ3v) is 6.53. The minimum Gasteiger partial charge on any atom is -0.593 e. The molecule has 1 aromatic rings. The van der Waals surface area contributed by atoms with E-state index in [9.17, 15) is 18.4 Å². The number of carbonyl (C=O) groups is 2. The SMILES string of the molecule is O=C1NC(=O)c2cc([S+](=O)([O-])N3C[C@H]4CNC[C@H]4C3)ccc21. The van der Waals surface area contributed by atoms with Crippen LogP contribution in [0.1, 0.15) is 20.7 Å². The summed E-state index contributed by atoms with van der Waals surface area (Å²) in [5.74, 6) is -0.312. The van der Waals surface area contributed by atoms with Gasteiger partial charge in [0.1, 0.15) is 0 Å². The van der Waals surface area contributed by atoms with Crippen LogP contribution in [0.5, 0.6) is 0 Å². The van der Waals surface area contributed by atoms with Gasteiger partial charge < -0.3 is 9.87 Å². The summed E-state index contributed by atoms with van der Waals surface area (Å²) in [6.45, 7) is 2.69. The summed E-state index contributed by atoms with van der Waals surface area (Å²) in [5.41, 5.74) is 0.360. The number of nitrogens with one attached hydrogen (secondary N) is 2. The molecule has 1 unspecified atom stereocenters. The Morgan fingerprint density at radius 1 is 1.09 bits per heavy atom. The number of carbonyl (C=O) groups excluding carboxylic acids is 2. The van der Waals surface area contributed by atoms with Crippen LogP contribution in [0, 0.1) is 11.8 Å². The summed E-state index contributed by atoms with van der Waals surface area (Å²) in [5, 5.41) is 5.44. The maximum Gasteiger partial charge on any atom is 0.259 e. The van der Waals surface area contributed by atoms with Crippen LogP contribution < -0.4 is 10.6 Å². The van der Waals surface area contributed by atoms with E-state index in [4.69, 9.17) is 0 Å². The summed E-state index contributed by atoms with van der Waals surface area (Å²) >= 11 is 0. The minimum absolute atomic E-state index is 0.0732. The van der Waals surface area contributed by atoms with Crippen LogP contribution in [0.25, 0.3) is 0 Å². The van der Waals surface area contributed by atoms with E-state index in [1.165, 1.54) is 22.5 Å². The van der Waals surface area contributed by atoms with Crippen LogP contribution in [0.15, 0.2) is 23.1 Å². The second-order valence-corrected chi connectivity index (χ2v) is 7.93. The van der Waals surface area contributed by atoms with Gasteiger partial charge >= 0.3 is 0 Å². The highest BCUT2D eigenvalue weighted by Crippen LogP contribution is 2.34. The Labute approximate surface area is 128 Å². The van der Waals surface area contributed by atoms with Crippen LogP contribution in [0.4, 0.5) is 0 Å². The number of benzene rings is 1. The molecule has 2 fully saturated rings. The first-order chi connectivity index (χ1) is 10.5. The first-order valence-corrected chi connectivity index (χ1v) is 8.61. The lowest BCUT2D eigenvalue weighted by Gasteiger charge is -2.24. The molecule has 0 bridgehead atoms. The van der Waals surface area contributed by atoms with Crippen molar-refractivity contribution in [2.75, 3.05) is 26.2 Å². The van der Waals surface area contributed by atoms with E-state index in [0.29, 0.717) is 24.9 Å². The van der Waals surface area contributed by atoms with Gasteiger partial charge in [-0.3, -0.25) is 14.9 Å². The number of hydrogen-bond acceptors (Lipinski definition) is 5. The van der Waals surface area contributed by atoms with Crippen LogP contribution in [-0.4, -0.2) is 46.9 Å². The Hall–Kier alpha value is -1.61. The van der Waals surface area contributed by atoms with Crippen molar-refractivity contribution in [3.8, 4) is 0 Å². The van der Waals surface area contributed by atoms with Crippen LogP contribution in [0.2, 0.25) is 0 Å². The summed E-state index contributed by atoms with van der Waals surface area (Å²) < 4.78 is 27.0. The van der Waals surface area contributed by atoms with E-state index in [1.807, 2.05) is 0 Å². The molecule has 0 radical (unpaired) electrons. The molecule has 3 heterocycles. The Kier molecular flexibility index (Phi) is 2.99. The Morgan fingerprint density at radius 2 is 1.73 bits per heavy atom. The zero-order valence-corrected chi connectivity index (χ0v) is 12.5. The zero-order valence-electron chi connectivity index (χ0n) is 11.7. The number of imide groups is 1. The normalized spacial score (nSPS) is 30.0. The van der Waals surface area contributed by atoms with Crippen molar-refractivity contribution in [2.45, 2.75) is 4.90 Å². The fraction of sp³-hybridized carbons (Fsp3) is 0.429. The fourth-order valence-corrected chi connectivity index (χ4v) is 5.05. The predicted octanol–water partition coefficient (Wildman–Crippen LogP) is -0.375. The third kappa shape index (κ3) is 1.95. The van der Waals surface area contributed by atoms with Gasteiger partial charge in [-0.25, -0.2) is 0 Å².